The van der Waals surface area contributed by atoms with Gasteiger partial charge in [0.1, 0.15) is 0 Å². The van der Waals surface area contributed by atoms with E-state index in [1.807, 2.05) is 0 Å². The largest absolute Gasteiger partial charge is 0.397 e. The first kappa shape index (κ1) is 12.1. The number of rotatable bonds is 2. The van der Waals surface area contributed by atoms with Crippen molar-refractivity contribution in [2.75, 3.05) is 5.73 Å². The van der Waals surface area contributed by atoms with Gasteiger partial charge in [0.15, 0.2) is 5.82 Å². The predicted molar refractivity (Wildman–Crippen MR) is 72.4 cm³/mol. The van der Waals surface area contributed by atoms with Gasteiger partial charge in [0, 0.05) is 12.1 Å². The van der Waals surface area contributed by atoms with Gasteiger partial charge >= 0.3 is 0 Å². The second kappa shape index (κ2) is 5.38. The molecule has 1 aliphatic carbocycles. The zero-order valence-corrected chi connectivity index (χ0v) is 10.9. The number of aromatic nitrogens is 3. The van der Waals surface area contributed by atoms with Crippen LogP contribution in [0.3, 0.4) is 0 Å². The molecule has 0 spiro atoms. The van der Waals surface area contributed by atoms with Crippen LogP contribution in [0, 0.1) is 0 Å². The fourth-order valence-electron chi connectivity index (χ4n) is 2.65. The molecule has 0 atom stereocenters. The third-order valence-corrected chi connectivity index (χ3v) is 3.74. The predicted octanol–water partition coefficient (Wildman–Crippen LogP) is 3.15. The van der Waals surface area contributed by atoms with E-state index in [2.05, 4.69) is 15.1 Å². The summed E-state index contributed by atoms with van der Waals surface area (Å²) in [6, 6.07) is 1.81. The summed E-state index contributed by atoms with van der Waals surface area (Å²) in [5, 5.41) is 4.14. The second-order valence-corrected chi connectivity index (χ2v) is 5.11. The van der Waals surface area contributed by atoms with Crippen molar-refractivity contribution in [1.29, 1.82) is 0 Å². The van der Waals surface area contributed by atoms with Crippen LogP contribution in [0.4, 0.5) is 5.69 Å². The van der Waals surface area contributed by atoms with Crippen molar-refractivity contribution in [2.45, 2.75) is 44.4 Å². The van der Waals surface area contributed by atoms with Crippen molar-refractivity contribution in [3.05, 3.63) is 24.3 Å². The molecule has 5 nitrogen and oxygen atoms in total. The summed E-state index contributed by atoms with van der Waals surface area (Å²) in [5.74, 6) is 1.76. The molecule has 1 fully saturated rings. The first-order chi connectivity index (χ1) is 9.34. The number of nitrogens with two attached hydrogens (primary N) is 1. The molecule has 3 rings (SSSR count). The lowest BCUT2D eigenvalue weighted by Gasteiger charge is -2.07. The Morgan fingerprint density at radius 2 is 1.95 bits per heavy atom. The van der Waals surface area contributed by atoms with E-state index in [0.717, 1.165) is 24.2 Å². The van der Waals surface area contributed by atoms with Crippen LogP contribution >= 0.6 is 0 Å². The second-order valence-electron chi connectivity index (χ2n) is 5.11. The molecular formula is C14H18N4O. The zero-order valence-electron chi connectivity index (χ0n) is 10.9. The van der Waals surface area contributed by atoms with Gasteiger partial charge in [0.25, 0.3) is 5.89 Å². The third-order valence-electron chi connectivity index (χ3n) is 3.74. The SMILES string of the molecule is Nc1cnccc1-c1nc(C2CCCCCC2)no1. The summed E-state index contributed by atoms with van der Waals surface area (Å²) in [4.78, 5) is 8.49. The van der Waals surface area contributed by atoms with E-state index in [0.29, 0.717) is 17.5 Å². The van der Waals surface area contributed by atoms with Gasteiger partial charge in [-0.2, -0.15) is 4.98 Å². The number of anilines is 1. The zero-order chi connectivity index (χ0) is 13.1. The Morgan fingerprint density at radius 1 is 1.16 bits per heavy atom. The number of nitrogen functional groups attached to an aromatic ring is 1. The molecule has 1 saturated carbocycles. The van der Waals surface area contributed by atoms with Gasteiger partial charge in [-0.25, -0.2) is 0 Å². The van der Waals surface area contributed by atoms with E-state index < -0.39 is 0 Å². The average Bonchev–Trinajstić information content (AvgIpc) is 2.75. The Kier molecular flexibility index (Phi) is 3.44. The Bertz CT molecular complexity index is 544. The van der Waals surface area contributed by atoms with E-state index in [4.69, 9.17) is 10.3 Å². The molecule has 2 N–H and O–H groups in total. The van der Waals surface area contributed by atoms with Gasteiger partial charge in [-0.15, -0.1) is 0 Å². The molecule has 2 aromatic heterocycles. The van der Waals surface area contributed by atoms with Crippen LogP contribution in [0.25, 0.3) is 11.5 Å². The summed E-state index contributed by atoms with van der Waals surface area (Å²) in [5.41, 5.74) is 7.21. The van der Waals surface area contributed by atoms with E-state index >= 15 is 0 Å². The van der Waals surface area contributed by atoms with Gasteiger partial charge < -0.3 is 10.3 Å². The van der Waals surface area contributed by atoms with Crippen molar-refractivity contribution < 1.29 is 4.52 Å². The molecule has 2 heterocycles. The molecule has 19 heavy (non-hydrogen) atoms. The van der Waals surface area contributed by atoms with Crippen LogP contribution in [0.2, 0.25) is 0 Å². The van der Waals surface area contributed by atoms with Crippen LogP contribution in [-0.2, 0) is 0 Å². The summed E-state index contributed by atoms with van der Waals surface area (Å²) in [6.07, 6.45) is 10.7. The number of hydrogen-bond donors (Lipinski definition) is 1. The Balaban J connectivity index is 1.85. The molecule has 0 bridgehead atoms. The quantitative estimate of drug-likeness (QED) is 0.837. The van der Waals surface area contributed by atoms with E-state index in [9.17, 15) is 0 Å². The van der Waals surface area contributed by atoms with Crippen molar-refractivity contribution in [3.8, 4) is 11.5 Å². The molecule has 0 unspecified atom stereocenters. The Labute approximate surface area is 112 Å². The standard InChI is InChI=1S/C14H18N4O/c15-12-9-16-8-7-11(12)14-17-13(18-19-14)10-5-3-1-2-4-6-10/h7-10H,1-6,15H2. The molecule has 0 saturated heterocycles. The molecule has 0 aromatic carbocycles. The minimum atomic E-state index is 0.433. The fraction of sp³-hybridized carbons (Fsp3) is 0.500. The summed E-state index contributed by atoms with van der Waals surface area (Å²) in [6.45, 7) is 0. The molecule has 5 heteroatoms. The summed E-state index contributed by atoms with van der Waals surface area (Å²) >= 11 is 0. The minimum absolute atomic E-state index is 0.433. The average molecular weight is 258 g/mol. The van der Waals surface area contributed by atoms with Crippen LogP contribution in [0.1, 0.15) is 50.3 Å². The topological polar surface area (TPSA) is 77.8 Å². The maximum Gasteiger partial charge on any atom is 0.260 e. The summed E-state index contributed by atoms with van der Waals surface area (Å²) in [7, 11) is 0. The number of hydrogen-bond acceptors (Lipinski definition) is 5. The van der Waals surface area contributed by atoms with Gasteiger partial charge in [0.05, 0.1) is 17.4 Å². The van der Waals surface area contributed by atoms with Gasteiger partial charge in [-0.05, 0) is 18.9 Å². The van der Waals surface area contributed by atoms with Crippen LogP contribution < -0.4 is 5.73 Å². The molecule has 1 aliphatic rings. The molecule has 100 valence electrons. The molecule has 0 radical (unpaired) electrons. The first-order valence-corrected chi connectivity index (χ1v) is 6.88. The lowest BCUT2D eigenvalue weighted by Crippen LogP contribution is -1.99. The Morgan fingerprint density at radius 3 is 2.68 bits per heavy atom. The number of nitrogens with zero attached hydrogens (tertiary/aromatic N) is 3. The van der Waals surface area contributed by atoms with Crippen LogP contribution in [0.5, 0.6) is 0 Å². The third kappa shape index (κ3) is 2.59. The monoisotopic (exact) mass is 258 g/mol. The van der Waals surface area contributed by atoms with Crippen molar-refractivity contribution in [1.82, 2.24) is 15.1 Å². The van der Waals surface area contributed by atoms with E-state index in [-0.39, 0.29) is 0 Å². The highest BCUT2D eigenvalue weighted by atomic mass is 16.5. The fourth-order valence-corrected chi connectivity index (χ4v) is 2.65. The normalized spacial score (nSPS) is 17.3. The first-order valence-electron chi connectivity index (χ1n) is 6.88. The molecule has 2 aromatic rings. The molecule has 0 aliphatic heterocycles. The maximum atomic E-state index is 5.88. The van der Waals surface area contributed by atoms with Gasteiger partial charge in [-0.1, -0.05) is 30.8 Å². The minimum Gasteiger partial charge on any atom is -0.397 e. The van der Waals surface area contributed by atoms with Gasteiger partial charge in [0.2, 0.25) is 0 Å². The van der Waals surface area contributed by atoms with Crippen molar-refractivity contribution >= 4 is 5.69 Å². The molecular weight excluding hydrogens is 240 g/mol. The van der Waals surface area contributed by atoms with Crippen LogP contribution in [-0.4, -0.2) is 15.1 Å². The highest BCUT2D eigenvalue weighted by molar-refractivity contribution is 5.68. The van der Waals surface area contributed by atoms with Crippen LogP contribution in [0.15, 0.2) is 23.0 Å². The lowest BCUT2D eigenvalue weighted by molar-refractivity contribution is 0.410. The van der Waals surface area contributed by atoms with E-state index in [1.54, 1.807) is 18.5 Å². The number of pyridine rings is 1. The van der Waals surface area contributed by atoms with Crippen molar-refractivity contribution in [3.63, 3.8) is 0 Å². The smallest absolute Gasteiger partial charge is 0.260 e. The van der Waals surface area contributed by atoms with Crippen molar-refractivity contribution in [2.24, 2.45) is 0 Å². The lowest BCUT2D eigenvalue weighted by atomic mass is 10.00. The van der Waals surface area contributed by atoms with E-state index in [1.165, 1.54) is 25.7 Å². The highest BCUT2D eigenvalue weighted by Gasteiger charge is 2.21. The summed E-state index contributed by atoms with van der Waals surface area (Å²) < 4.78 is 5.36. The van der Waals surface area contributed by atoms with Gasteiger partial charge in [-0.3, -0.25) is 4.98 Å². The molecule has 0 amide bonds. The Hall–Kier alpha value is -1.91. The highest BCUT2D eigenvalue weighted by Crippen LogP contribution is 2.31. The maximum absolute atomic E-state index is 5.88.